The quantitative estimate of drug-likeness (QED) is 0.204. The lowest BCUT2D eigenvalue weighted by molar-refractivity contribution is -0.153. The molecule has 0 spiro atoms. The van der Waals surface area contributed by atoms with Crippen LogP contribution in [-0.2, 0) is 27.3 Å². The molecule has 234 valence electrons. The van der Waals surface area contributed by atoms with Gasteiger partial charge in [0.2, 0.25) is 5.78 Å². The molecule has 0 radical (unpaired) electrons. The Morgan fingerprint density at radius 1 is 1.09 bits per heavy atom. The van der Waals surface area contributed by atoms with E-state index in [1.807, 2.05) is 31.1 Å². The van der Waals surface area contributed by atoms with E-state index in [0.29, 0.717) is 29.4 Å². The minimum atomic E-state index is -2.68. The van der Waals surface area contributed by atoms with Gasteiger partial charge in [0.25, 0.3) is 5.91 Å². The van der Waals surface area contributed by atoms with Crippen molar-refractivity contribution in [2.75, 3.05) is 38.4 Å². The Bertz CT molecular complexity index is 1620. The van der Waals surface area contributed by atoms with Gasteiger partial charge in [-0.1, -0.05) is 38.1 Å². The smallest absolute Gasteiger partial charge is 0.255 e. The van der Waals surface area contributed by atoms with Crippen molar-refractivity contribution in [1.82, 2.24) is 4.90 Å². The first kappa shape index (κ1) is 31.1. The molecule has 3 aliphatic rings. The molecule has 11 heteroatoms. The maximum atomic E-state index is 14.1. The summed E-state index contributed by atoms with van der Waals surface area (Å²) in [5.74, 6) is -6.35. The lowest BCUT2D eigenvalue weighted by atomic mass is 9.57. The third-order valence-corrected chi connectivity index (χ3v) is 9.31. The molecule has 0 unspecified atom stereocenters. The average molecular weight is 605 g/mol. The molecule has 2 aromatic carbocycles. The maximum absolute atomic E-state index is 14.1. The summed E-state index contributed by atoms with van der Waals surface area (Å²) < 4.78 is 0. The summed E-state index contributed by atoms with van der Waals surface area (Å²) in [6.07, 6.45) is 0.248. The van der Waals surface area contributed by atoms with E-state index >= 15 is 0 Å². The van der Waals surface area contributed by atoms with Gasteiger partial charge < -0.3 is 36.4 Å². The van der Waals surface area contributed by atoms with Crippen LogP contribution >= 0.6 is 0 Å². The van der Waals surface area contributed by atoms with Gasteiger partial charge in [-0.05, 0) is 61.5 Å². The van der Waals surface area contributed by atoms with Crippen molar-refractivity contribution in [1.29, 1.82) is 0 Å². The fourth-order valence-corrected chi connectivity index (χ4v) is 7.04. The van der Waals surface area contributed by atoms with Crippen molar-refractivity contribution >= 4 is 34.6 Å². The fourth-order valence-electron chi connectivity index (χ4n) is 7.04. The molecule has 7 N–H and O–H groups in total. The number of Topliss-reactive ketones (excluding diaryl/α,β-unsaturated/α-hetero) is 2. The zero-order chi connectivity index (χ0) is 32.4. The van der Waals surface area contributed by atoms with Crippen molar-refractivity contribution in [3.8, 4) is 5.75 Å². The van der Waals surface area contributed by atoms with Gasteiger partial charge in [-0.15, -0.1) is 0 Å². The van der Waals surface area contributed by atoms with Crippen LogP contribution in [0.1, 0.15) is 48.4 Å². The van der Waals surface area contributed by atoms with Gasteiger partial charge in [0.05, 0.1) is 17.3 Å². The fraction of sp³-hybridized carbons (Fsp3) is 0.424. The van der Waals surface area contributed by atoms with Crippen molar-refractivity contribution in [2.24, 2.45) is 17.6 Å². The summed E-state index contributed by atoms with van der Waals surface area (Å²) in [4.78, 5) is 43.0. The molecule has 0 bridgehead atoms. The number of amides is 1. The summed E-state index contributed by atoms with van der Waals surface area (Å²) in [7, 11) is 6.81. The van der Waals surface area contributed by atoms with Crippen LogP contribution in [0.25, 0.3) is 5.76 Å². The Morgan fingerprint density at radius 3 is 2.27 bits per heavy atom. The maximum Gasteiger partial charge on any atom is 0.255 e. The molecule has 0 heterocycles. The second-order valence-corrected chi connectivity index (χ2v) is 12.8. The van der Waals surface area contributed by atoms with Crippen molar-refractivity contribution in [2.45, 2.75) is 50.8 Å². The molecule has 1 amide bonds. The number of nitrogens with zero attached hydrogens (tertiary/aromatic N) is 2. The molecule has 4 atom stereocenters. The summed E-state index contributed by atoms with van der Waals surface area (Å²) in [5.41, 5.74) is 5.58. The summed E-state index contributed by atoms with van der Waals surface area (Å²) in [5, 5.41) is 49.3. The molecular weight excluding hydrogens is 564 g/mol. The second kappa shape index (κ2) is 11.0. The summed E-state index contributed by atoms with van der Waals surface area (Å²) >= 11 is 0. The number of nitrogens with two attached hydrogens (primary N) is 1. The monoisotopic (exact) mass is 604 g/mol. The normalized spacial score (nSPS) is 24.8. The first-order chi connectivity index (χ1) is 20.6. The lowest BCUT2D eigenvalue weighted by Crippen LogP contribution is -2.65. The van der Waals surface area contributed by atoms with Crippen LogP contribution in [0.4, 0.5) is 11.4 Å². The minimum Gasteiger partial charge on any atom is -0.508 e. The molecule has 5 rings (SSSR count). The number of aromatic hydroxyl groups is 1. The number of aliphatic hydroxyl groups excluding tert-OH is 2. The molecule has 44 heavy (non-hydrogen) atoms. The van der Waals surface area contributed by atoms with Gasteiger partial charge >= 0.3 is 0 Å². The predicted molar refractivity (Wildman–Crippen MR) is 166 cm³/mol. The van der Waals surface area contributed by atoms with E-state index in [0.717, 1.165) is 5.56 Å². The largest absolute Gasteiger partial charge is 0.508 e. The lowest BCUT2D eigenvalue weighted by Gasteiger charge is -2.50. The average Bonchev–Trinajstić information content (AvgIpc) is 2.94. The number of likely N-dealkylation sites (N-methyl/N-ethyl adjacent to an activating group) is 1. The van der Waals surface area contributed by atoms with E-state index in [4.69, 9.17) is 5.73 Å². The van der Waals surface area contributed by atoms with Crippen molar-refractivity contribution in [3.05, 3.63) is 69.5 Å². The number of hydrogen-bond donors (Lipinski definition) is 6. The Labute approximate surface area is 256 Å². The van der Waals surface area contributed by atoms with Crippen LogP contribution in [0.3, 0.4) is 0 Å². The number of primary amides is 1. The highest BCUT2D eigenvalue weighted by molar-refractivity contribution is 6.24. The van der Waals surface area contributed by atoms with E-state index in [1.165, 1.54) is 10.5 Å². The number of fused-ring (bicyclic) bond motifs is 3. The minimum absolute atomic E-state index is 0.0335. The highest BCUT2D eigenvalue weighted by Crippen LogP contribution is 2.54. The Morgan fingerprint density at radius 2 is 1.73 bits per heavy atom. The van der Waals surface area contributed by atoms with E-state index < -0.39 is 58.0 Å². The van der Waals surface area contributed by atoms with Gasteiger partial charge in [-0.2, -0.15) is 0 Å². The van der Waals surface area contributed by atoms with Crippen LogP contribution in [0, 0.1) is 11.8 Å². The molecule has 0 saturated heterocycles. The van der Waals surface area contributed by atoms with E-state index in [2.05, 4.69) is 31.3 Å². The highest BCUT2D eigenvalue weighted by atomic mass is 16.3. The van der Waals surface area contributed by atoms with Crippen LogP contribution in [0.2, 0.25) is 0 Å². The number of carbonyl (C=O) groups excluding carboxylic acids is 3. The zero-order valence-electron chi connectivity index (χ0n) is 25.8. The molecule has 2 aromatic rings. The summed E-state index contributed by atoms with van der Waals surface area (Å²) in [6.45, 7) is 4.61. The number of ketones is 2. The van der Waals surface area contributed by atoms with Crippen molar-refractivity contribution < 1.29 is 34.8 Å². The Kier molecular flexibility index (Phi) is 7.75. The molecule has 0 aromatic heterocycles. The van der Waals surface area contributed by atoms with Crippen LogP contribution < -0.4 is 16.0 Å². The number of benzene rings is 2. The molecule has 0 aliphatic heterocycles. The number of hydrogen-bond acceptors (Lipinski definition) is 10. The third-order valence-electron chi connectivity index (χ3n) is 9.31. The van der Waals surface area contributed by atoms with E-state index in [1.54, 1.807) is 20.2 Å². The predicted octanol–water partition coefficient (Wildman–Crippen LogP) is 2.77. The standard InChI is InChI=1S/C33H40N4O7/c1-15(2)17-9-7-16(8-10-17)14-35-21-13-22(36(3)4)19-11-18-12-20-26(37(5)6)29(40)25(32(34)43)31(42)33(20,44)30(41)23(18)28(39)24(19)27(21)38/h7-10,13,15,18,20,26,35,38-39,42,44H,11-12,14H2,1-6H3,(H2,34,43)/t18-,20-,26-,33-/m0/s1. The Balaban J connectivity index is 1.62. The molecule has 3 aliphatic carbocycles. The van der Waals surface area contributed by atoms with Gasteiger partial charge in [0, 0.05) is 37.8 Å². The molecule has 11 nitrogen and oxygen atoms in total. The first-order valence-corrected chi connectivity index (χ1v) is 14.6. The Hall–Kier alpha value is -4.35. The van der Waals surface area contributed by atoms with Crippen molar-refractivity contribution in [3.63, 3.8) is 0 Å². The van der Waals surface area contributed by atoms with Gasteiger partial charge in [0.15, 0.2) is 11.4 Å². The van der Waals surface area contributed by atoms with Gasteiger partial charge in [-0.25, -0.2) is 0 Å². The summed E-state index contributed by atoms with van der Waals surface area (Å²) in [6, 6.07) is 8.77. The van der Waals surface area contributed by atoms with E-state index in [9.17, 15) is 34.8 Å². The number of aliphatic hydroxyl groups is 3. The molecule has 1 fully saturated rings. The van der Waals surface area contributed by atoms with Crippen LogP contribution in [0.5, 0.6) is 5.75 Å². The number of nitrogens with one attached hydrogen (secondary N) is 1. The topological polar surface area (TPSA) is 177 Å². The van der Waals surface area contributed by atoms with Crippen LogP contribution in [0.15, 0.2) is 47.2 Å². The molecule has 1 saturated carbocycles. The number of rotatable bonds is 7. The van der Waals surface area contributed by atoms with Gasteiger partial charge in [-0.3, -0.25) is 19.3 Å². The first-order valence-electron chi connectivity index (χ1n) is 14.6. The number of carbonyl (C=O) groups is 3. The zero-order valence-corrected chi connectivity index (χ0v) is 25.8. The van der Waals surface area contributed by atoms with Gasteiger partial charge in [0.1, 0.15) is 22.8 Å². The second-order valence-electron chi connectivity index (χ2n) is 12.8. The van der Waals surface area contributed by atoms with Crippen LogP contribution in [-0.4, -0.2) is 82.6 Å². The molecular formula is C33H40N4O7. The highest BCUT2D eigenvalue weighted by Gasteiger charge is 2.64. The number of phenolic OH excluding ortho intramolecular Hbond substituents is 1. The van der Waals surface area contributed by atoms with E-state index in [-0.39, 0.29) is 29.7 Å². The third kappa shape index (κ3) is 4.62. The SMILES string of the molecule is CC(C)c1ccc(CNc2cc(N(C)C)c3c(c2O)C(O)=C2C(=O)[C@]4(O)C(O)=C(C(N)=O)C(=O)[C@@H](N(C)C)[C@@H]4C[C@@H]2C3)cc1. The number of anilines is 2. The number of phenols is 1.